The predicted octanol–water partition coefficient (Wildman–Crippen LogP) is 1.98. The predicted molar refractivity (Wildman–Crippen MR) is 100 cm³/mol. The Bertz CT molecular complexity index is 610. The maximum atomic E-state index is 12.5. The fourth-order valence-electron chi connectivity index (χ4n) is 2.97. The Balaban J connectivity index is 1.94. The van der Waals surface area contributed by atoms with Gasteiger partial charge in [-0.3, -0.25) is 4.90 Å². The highest BCUT2D eigenvalue weighted by Gasteiger charge is 2.19. The van der Waals surface area contributed by atoms with Crippen molar-refractivity contribution in [3.05, 3.63) is 35.4 Å². The number of ether oxygens (including phenoxy) is 1. The van der Waals surface area contributed by atoms with Crippen molar-refractivity contribution in [2.45, 2.75) is 39.8 Å². The van der Waals surface area contributed by atoms with Crippen molar-refractivity contribution in [2.24, 2.45) is 0 Å². The minimum absolute atomic E-state index is 0.323. The molecule has 0 saturated carbocycles. The largest absolute Gasteiger partial charge is 0.379 e. The van der Waals surface area contributed by atoms with E-state index in [1.807, 2.05) is 26.0 Å². The molecule has 0 radical (unpaired) electrons. The van der Waals surface area contributed by atoms with Crippen LogP contribution in [0.15, 0.2) is 24.3 Å². The second-order valence-electron chi connectivity index (χ2n) is 6.43. The van der Waals surface area contributed by atoms with E-state index in [1.165, 1.54) is 9.87 Å². The quantitative estimate of drug-likeness (QED) is 0.685. The first kappa shape index (κ1) is 20.3. The van der Waals surface area contributed by atoms with E-state index in [4.69, 9.17) is 4.74 Å². The summed E-state index contributed by atoms with van der Waals surface area (Å²) in [6.07, 6.45) is 1.63. The molecule has 0 aromatic heterocycles. The van der Waals surface area contributed by atoms with Gasteiger partial charge in [-0.15, -0.1) is 0 Å². The van der Waals surface area contributed by atoms with Gasteiger partial charge in [0.15, 0.2) is 0 Å². The van der Waals surface area contributed by atoms with Crippen molar-refractivity contribution in [2.75, 3.05) is 39.4 Å². The molecule has 0 spiro atoms. The van der Waals surface area contributed by atoms with Crippen molar-refractivity contribution in [3.8, 4) is 0 Å². The molecule has 1 aliphatic heterocycles. The van der Waals surface area contributed by atoms with Gasteiger partial charge >= 0.3 is 0 Å². The number of nitrogens with one attached hydrogen (secondary N) is 1. The molecule has 7 heteroatoms. The van der Waals surface area contributed by atoms with Crippen LogP contribution in [0.3, 0.4) is 0 Å². The molecule has 25 heavy (non-hydrogen) atoms. The molecule has 1 saturated heterocycles. The average Bonchev–Trinajstić information content (AvgIpc) is 2.61. The summed E-state index contributed by atoms with van der Waals surface area (Å²) in [6.45, 7) is 9.75. The number of morpholine rings is 1. The number of nitrogens with zero attached hydrogens (tertiary/aromatic N) is 2. The van der Waals surface area contributed by atoms with Crippen LogP contribution in [0.5, 0.6) is 0 Å². The molecule has 1 aromatic carbocycles. The molecule has 0 amide bonds. The zero-order valence-electron chi connectivity index (χ0n) is 15.4. The van der Waals surface area contributed by atoms with Crippen LogP contribution >= 0.6 is 0 Å². The molecule has 142 valence electrons. The molecule has 0 unspecified atom stereocenters. The summed E-state index contributed by atoms with van der Waals surface area (Å²) in [4.78, 5) is 2.36. The number of hydrogen-bond donors (Lipinski definition) is 1. The lowest BCUT2D eigenvalue weighted by atomic mass is 10.1. The molecule has 1 N–H and O–H groups in total. The summed E-state index contributed by atoms with van der Waals surface area (Å²) < 4.78 is 34.6. The van der Waals surface area contributed by atoms with E-state index in [2.05, 4.69) is 21.8 Å². The Morgan fingerprint density at radius 1 is 1.12 bits per heavy atom. The first-order chi connectivity index (χ1) is 12.0. The highest BCUT2D eigenvalue weighted by molar-refractivity contribution is 7.87. The van der Waals surface area contributed by atoms with Crippen molar-refractivity contribution >= 4 is 10.2 Å². The van der Waals surface area contributed by atoms with Gasteiger partial charge in [-0.25, -0.2) is 0 Å². The maximum Gasteiger partial charge on any atom is 0.279 e. The van der Waals surface area contributed by atoms with E-state index in [-0.39, 0.29) is 0 Å². The van der Waals surface area contributed by atoms with Gasteiger partial charge < -0.3 is 4.74 Å². The average molecular weight is 370 g/mol. The van der Waals surface area contributed by atoms with Gasteiger partial charge in [0.1, 0.15) is 0 Å². The van der Waals surface area contributed by atoms with Crippen LogP contribution in [0.4, 0.5) is 0 Å². The third-order valence-corrected chi connectivity index (χ3v) is 5.80. The van der Waals surface area contributed by atoms with Gasteiger partial charge in [0, 0.05) is 39.3 Å². The monoisotopic (exact) mass is 369 g/mol. The second kappa shape index (κ2) is 10.2. The molecule has 2 rings (SSSR count). The first-order valence-electron chi connectivity index (χ1n) is 9.17. The van der Waals surface area contributed by atoms with Crippen LogP contribution in [0.1, 0.15) is 37.8 Å². The van der Waals surface area contributed by atoms with Crippen LogP contribution in [0.2, 0.25) is 0 Å². The van der Waals surface area contributed by atoms with Crippen LogP contribution in [-0.4, -0.2) is 57.0 Å². The third kappa shape index (κ3) is 6.67. The lowest BCUT2D eigenvalue weighted by Crippen LogP contribution is -2.41. The Kier molecular flexibility index (Phi) is 8.32. The van der Waals surface area contributed by atoms with Gasteiger partial charge in [-0.05, 0) is 24.0 Å². The molecule has 0 aliphatic carbocycles. The summed E-state index contributed by atoms with van der Waals surface area (Å²) in [6, 6.07) is 8.14. The van der Waals surface area contributed by atoms with E-state index >= 15 is 0 Å². The molecule has 1 fully saturated rings. The molecule has 0 bridgehead atoms. The van der Waals surface area contributed by atoms with Crippen molar-refractivity contribution in [3.63, 3.8) is 0 Å². The highest BCUT2D eigenvalue weighted by Crippen LogP contribution is 2.11. The van der Waals surface area contributed by atoms with Crippen molar-refractivity contribution < 1.29 is 13.2 Å². The third-order valence-electron chi connectivity index (χ3n) is 4.25. The second-order valence-corrected chi connectivity index (χ2v) is 8.19. The number of benzene rings is 1. The molecular formula is C18H31N3O3S. The van der Waals surface area contributed by atoms with E-state index in [1.54, 1.807) is 0 Å². The molecule has 1 heterocycles. The molecule has 1 aromatic rings. The van der Waals surface area contributed by atoms with Crippen molar-refractivity contribution in [1.82, 2.24) is 13.9 Å². The summed E-state index contributed by atoms with van der Waals surface area (Å²) in [7, 11) is -3.43. The van der Waals surface area contributed by atoms with E-state index < -0.39 is 10.2 Å². The Labute approximate surface area is 152 Å². The summed E-state index contributed by atoms with van der Waals surface area (Å²) >= 11 is 0. The topological polar surface area (TPSA) is 61.9 Å². The molecule has 6 nitrogen and oxygen atoms in total. The minimum Gasteiger partial charge on any atom is -0.379 e. The number of hydrogen-bond acceptors (Lipinski definition) is 4. The van der Waals surface area contributed by atoms with Gasteiger partial charge in [-0.1, -0.05) is 38.1 Å². The first-order valence-corrected chi connectivity index (χ1v) is 10.6. The summed E-state index contributed by atoms with van der Waals surface area (Å²) in [5, 5.41) is 0. The Hall–Kier alpha value is -0.990. The van der Waals surface area contributed by atoms with Crippen LogP contribution < -0.4 is 4.72 Å². The zero-order chi connectivity index (χ0) is 18.1. The molecule has 0 atom stereocenters. The Morgan fingerprint density at radius 3 is 2.40 bits per heavy atom. The van der Waals surface area contributed by atoms with E-state index in [0.717, 1.165) is 51.3 Å². The van der Waals surface area contributed by atoms with E-state index in [0.29, 0.717) is 19.6 Å². The standard InChI is InChI=1S/C18H31N3O3S/c1-3-8-21(9-4-2)25(22,23)19-15-17-6-5-7-18(14-17)16-20-10-12-24-13-11-20/h5-7,14,19H,3-4,8-13,15-16H2,1-2H3. The van der Waals surface area contributed by atoms with E-state index in [9.17, 15) is 8.42 Å². The maximum absolute atomic E-state index is 12.5. The number of rotatable bonds is 10. The van der Waals surface area contributed by atoms with Gasteiger partial charge in [-0.2, -0.15) is 17.4 Å². The van der Waals surface area contributed by atoms with Crippen LogP contribution in [0.25, 0.3) is 0 Å². The summed E-state index contributed by atoms with van der Waals surface area (Å²) in [5.74, 6) is 0. The Morgan fingerprint density at radius 2 is 1.76 bits per heavy atom. The summed E-state index contributed by atoms with van der Waals surface area (Å²) in [5.41, 5.74) is 2.19. The smallest absolute Gasteiger partial charge is 0.279 e. The molecule has 1 aliphatic rings. The lowest BCUT2D eigenvalue weighted by Gasteiger charge is -2.26. The van der Waals surface area contributed by atoms with Crippen LogP contribution in [-0.2, 0) is 28.0 Å². The van der Waals surface area contributed by atoms with Gasteiger partial charge in [0.25, 0.3) is 10.2 Å². The SMILES string of the molecule is CCCN(CCC)S(=O)(=O)NCc1cccc(CN2CCOCC2)c1. The minimum atomic E-state index is -3.43. The highest BCUT2D eigenvalue weighted by atomic mass is 32.2. The van der Waals surface area contributed by atoms with Gasteiger partial charge in [0.05, 0.1) is 13.2 Å². The lowest BCUT2D eigenvalue weighted by molar-refractivity contribution is 0.0342. The molecular weight excluding hydrogens is 338 g/mol. The fraction of sp³-hybridized carbons (Fsp3) is 0.667. The van der Waals surface area contributed by atoms with Crippen LogP contribution in [0, 0.1) is 0 Å². The van der Waals surface area contributed by atoms with Gasteiger partial charge in [0.2, 0.25) is 0 Å². The van der Waals surface area contributed by atoms with Crippen molar-refractivity contribution in [1.29, 1.82) is 0 Å². The zero-order valence-corrected chi connectivity index (χ0v) is 16.2. The fourth-order valence-corrected chi connectivity index (χ4v) is 4.35. The normalized spacial score (nSPS) is 16.4.